The van der Waals surface area contributed by atoms with Crippen molar-refractivity contribution in [2.75, 3.05) is 0 Å². The quantitative estimate of drug-likeness (QED) is 0.197. The van der Waals surface area contributed by atoms with Crippen LogP contribution in [0.3, 0.4) is 0 Å². The molecule has 47 heavy (non-hydrogen) atoms. The van der Waals surface area contributed by atoms with Crippen LogP contribution in [0.2, 0.25) is 0 Å². The number of imidazole rings is 2. The van der Waals surface area contributed by atoms with Gasteiger partial charge in [-0.15, -0.1) is 11.3 Å². The van der Waals surface area contributed by atoms with Crippen molar-refractivity contribution < 1.29 is 0 Å². The van der Waals surface area contributed by atoms with E-state index in [-0.39, 0.29) is 0 Å². The zero-order valence-corrected chi connectivity index (χ0v) is 25.9. The van der Waals surface area contributed by atoms with Gasteiger partial charge in [0.1, 0.15) is 5.82 Å². The summed E-state index contributed by atoms with van der Waals surface area (Å²) in [5.41, 5.74) is 9.30. The largest absolute Gasteiger partial charge is 0.276 e. The molecule has 0 amide bonds. The fourth-order valence-corrected chi connectivity index (χ4v) is 7.82. The second-order valence-corrected chi connectivity index (χ2v) is 12.8. The summed E-state index contributed by atoms with van der Waals surface area (Å²) in [7, 11) is 0. The highest BCUT2D eigenvalue weighted by Gasteiger charge is 2.20. The van der Waals surface area contributed by atoms with Crippen molar-refractivity contribution in [1.82, 2.24) is 23.9 Å². The zero-order valence-electron chi connectivity index (χ0n) is 25.1. The zero-order chi connectivity index (χ0) is 30.9. The first-order chi connectivity index (χ1) is 23.3. The molecule has 0 aliphatic carbocycles. The summed E-state index contributed by atoms with van der Waals surface area (Å²) < 4.78 is 7.06. The molecule has 5 nitrogen and oxygen atoms in total. The lowest BCUT2D eigenvalue weighted by Crippen LogP contribution is -2.03. The molecule has 220 valence electrons. The van der Waals surface area contributed by atoms with E-state index in [9.17, 15) is 0 Å². The average Bonchev–Trinajstić information content (AvgIpc) is 3.80. The first kappa shape index (κ1) is 26.1. The van der Waals surface area contributed by atoms with Gasteiger partial charge in [0.05, 0.1) is 27.8 Å². The van der Waals surface area contributed by atoms with Gasteiger partial charge in [0.2, 0.25) is 5.78 Å². The number of fused-ring (bicyclic) bond motifs is 8. The maximum absolute atomic E-state index is 5.18. The summed E-state index contributed by atoms with van der Waals surface area (Å²) in [5.74, 6) is 2.26. The predicted molar refractivity (Wildman–Crippen MR) is 194 cm³/mol. The molecule has 10 rings (SSSR count). The topological polar surface area (TPSA) is 48.0 Å². The maximum atomic E-state index is 5.18. The standard InChI is InChI=1S/C41H25N5S/c1-3-11-26(12-4-1)33-25-39(44-40(42-33)27-13-5-2-6-14-27)46-35-21-19-29(24-36(35)45-34-17-9-8-16-32(34)43-41(45)46)28-20-22-38-31(23-28)30-15-7-10-18-37(30)47-38/h1-25H. The number of para-hydroxylation sites is 2. The van der Waals surface area contributed by atoms with Gasteiger partial charge >= 0.3 is 0 Å². The lowest BCUT2D eigenvalue weighted by atomic mass is 10.0. The molecule has 0 aliphatic heterocycles. The third kappa shape index (κ3) is 4.12. The van der Waals surface area contributed by atoms with Crippen LogP contribution in [0.15, 0.2) is 152 Å². The molecular formula is C41H25N5S. The SMILES string of the molecule is c1ccc(-c2cc(-n3c4ccc(-c5ccc6sc7ccccc7c6c5)cc4n4c5ccccc5nc34)nc(-c3ccccc3)n2)cc1. The molecule has 6 aromatic carbocycles. The molecule has 4 aromatic heterocycles. The lowest BCUT2D eigenvalue weighted by molar-refractivity contribution is 1.02. The Balaban J connectivity index is 1.25. The Kier molecular flexibility index (Phi) is 5.68. The molecule has 0 aliphatic rings. The summed E-state index contributed by atoms with van der Waals surface area (Å²) in [5, 5.41) is 2.60. The predicted octanol–water partition coefficient (Wildman–Crippen LogP) is 10.6. The van der Waals surface area contributed by atoms with Gasteiger partial charge < -0.3 is 0 Å². The summed E-state index contributed by atoms with van der Waals surface area (Å²) in [6.45, 7) is 0. The van der Waals surface area contributed by atoms with E-state index in [1.165, 1.54) is 25.7 Å². The Hall–Kier alpha value is -6.11. The van der Waals surface area contributed by atoms with Crippen LogP contribution in [0.25, 0.3) is 87.6 Å². The third-order valence-corrected chi connectivity index (χ3v) is 10.1. The summed E-state index contributed by atoms with van der Waals surface area (Å²) in [6.07, 6.45) is 0. The number of nitrogens with zero attached hydrogens (tertiary/aromatic N) is 5. The highest BCUT2D eigenvalue weighted by atomic mass is 32.1. The van der Waals surface area contributed by atoms with E-state index in [4.69, 9.17) is 15.0 Å². The van der Waals surface area contributed by atoms with E-state index in [0.717, 1.165) is 56.0 Å². The van der Waals surface area contributed by atoms with Crippen molar-refractivity contribution in [3.8, 4) is 39.6 Å². The van der Waals surface area contributed by atoms with Crippen molar-refractivity contribution in [2.45, 2.75) is 0 Å². The van der Waals surface area contributed by atoms with Gasteiger partial charge in [-0.25, -0.2) is 15.0 Å². The van der Waals surface area contributed by atoms with Crippen molar-refractivity contribution in [2.24, 2.45) is 0 Å². The number of hydrogen-bond acceptors (Lipinski definition) is 4. The molecule has 0 unspecified atom stereocenters. The maximum Gasteiger partial charge on any atom is 0.221 e. The highest BCUT2D eigenvalue weighted by Crippen LogP contribution is 2.38. The molecule has 10 aromatic rings. The number of hydrogen-bond donors (Lipinski definition) is 0. The molecule has 0 saturated heterocycles. The van der Waals surface area contributed by atoms with Gasteiger partial charge in [-0.05, 0) is 53.6 Å². The Morgan fingerprint density at radius 3 is 2.02 bits per heavy atom. The second kappa shape index (κ2) is 10.2. The van der Waals surface area contributed by atoms with Crippen LogP contribution in [-0.4, -0.2) is 23.9 Å². The normalized spacial score (nSPS) is 11.8. The summed E-state index contributed by atoms with van der Waals surface area (Å²) in [4.78, 5) is 15.4. The first-order valence-electron chi connectivity index (χ1n) is 15.6. The summed E-state index contributed by atoms with van der Waals surface area (Å²) >= 11 is 1.84. The first-order valence-corrected chi connectivity index (χ1v) is 16.4. The molecule has 4 heterocycles. The lowest BCUT2D eigenvalue weighted by Gasteiger charge is -2.11. The Morgan fingerprint density at radius 1 is 0.447 bits per heavy atom. The van der Waals surface area contributed by atoms with E-state index >= 15 is 0 Å². The minimum atomic E-state index is 0.672. The molecular weight excluding hydrogens is 595 g/mol. The van der Waals surface area contributed by atoms with Gasteiger partial charge in [0, 0.05) is 37.4 Å². The van der Waals surface area contributed by atoms with Gasteiger partial charge in [-0.1, -0.05) is 103 Å². The molecule has 6 heteroatoms. The average molecular weight is 620 g/mol. The number of benzene rings is 6. The van der Waals surface area contributed by atoms with Gasteiger partial charge in [0.25, 0.3) is 0 Å². The van der Waals surface area contributed by atoms with Crippen LogP contribution >= 0.6 is 11.3 Å². The van der Waals surface area contributed by atoms with Crippen molar-refractivity contribution in [3.63, 3.8) is 0 Å². The van der Waals surface area contributed by atoms with E-state index in [1.54, 1.807) is 0 Å². The molecule has 0 atom stereocenters. The van der Waals surface area contributed by atoms with E-state index in [0.29, 0.717) is 5.82 Å². The van der Waals surface area contributed by atoms with Crippen LogP contribution in [0.4, 0.5) is 0 Å². The van der Waals surface area contributed by atoms with Crippen LogP contribution < -0.4 is 0 Å². The van der Waals surface area contributed by atoms with Gasteiger partial charge in [-0.2, -0.15) is 0 Å². The molecule has 0 fully saturated rings. The van der Waals surface area contributed by atoms with Crippen molar-refractivity contribution in [3.05, 3.63) is 152 Å². The molecule has 0 saturated carbocycles. The number of thiophene rings is 1. The van der Waals surface area contributed by atoms with E-state index in [1.807, 2.05) is 53.8 Å². The molecule has 0 radical (unpaired) electrons. The highest BCUT2D eigenvalue weighted by molar-refractivity contribution is 7.25. The monoisotopic (exact) mass is 619 g/mol. The molecule has 0 N–H and O–H groups in total. The second-order valence-electron chi connectivity index (χ2n) is 11.8. The van der Waals surface area contributed by atoms with Crippen LogP contribution in [-0.2, 0) is 0 Å². The smallest absolute Gasteiger partial charge is 0.221 e. The Bertz CT molecular complexity index is 2730. The van der Waals surface area contributed by atoms with Crippen molar-refractivity contribution >= 4 is 59.4 Å². The molecule has 0 spiro atoms. The third-order valence-electron chi connectivity index (χ3n) is 8.95. The van der Waals surface area contributed by atoms with Crippen LogP contribution in [0.1, 0.15) is 0 Å². The van der Waals surface area contributed by atoms with Crippen LogP contribution in [0, 0.1) is 0 Å². The van der Waals surface area contributed by atoms with E-state index < -0.39 is 0 Å². The van der Waals surface area contributed by atoms with Crippen LogP contribution in [0.5, 0.6) is 0 Å². The van der Waals surface area contributed by atoms with Gasteiger partial charge in [-0.3, -0.25) is 8.97 Å². The Labute approximate surface area is 273 Å². The fourth-order valence-electron chi connectivity index (χ4n) is 6.73. The minimum Gasteiger partial charge on any atom is -0.276 e. The van der Waals surface area contributed by atoms with Gasteiger partial charge in [0.15, 0.2) is 5.82 Å². The summed E-state index contributed by atoms with van der Waals surface area (Å²) in [6, 6.07) is 53.1. The Morgan fingerprint density at radius 2 is 1.15 bits per heavy atom. The van der Waals surface area contributed by atoms with Crippen molar-refractivity contribution in [1.29, 1.82) is 0 Å². The number of aromatic nitrogens is 5. The minimum absolute atomic E-state index is 0.672. The fraction of sp³-hybridized carbons (Fsp3) is 0. The number of rotatable bonds is 4. The molecule has 0 bridgehead atoms. The van der Waals surface area contributed by atoms with E-state index in [2.05, 4.69) is 118 Å².